The number of hydrogen-bond acceptors (Lipinski definition) is 5. The maximum atomic E-state index is 13.8. The lowest BCUT2D eigenvalue weighted by atomic mass is 9.76. The van der Waals surface area contributed by atoms with Crippen molar-refractivity contribution in [3.8, 4) is 0 Å². The van der Waals surface area contributed by atoms with Crippen molar-refractivity contribution in [1.82, 2.24) is 0 Å². The van der Waals surface area contributed by atoms with Crippen LogP contribution in [0, 0.1) is 0 Å². The lowest BCUT2D eigenvalue weighted by Gasteiger charge is -2.32. The van der Waals surface area contributed by atoms with Crippen LogP contribution in [-0.2, 0) is 14.4 Å². The van der Waals surface area contributed by atoms with Gasteiger partial charge in [0.1, 0.15) is 0 Å². The highest BCUT2D eigenvalue weighted by Crippen LogP contribution is 2.22. The van der Waals surface area contributed by atoms with Gasteiger partial charge in [0.25, 0.3) is 0 Å². The van der Waals surface area contributed by atoms with Crippen LogP contribution in [0.1, 0.15) is 316 Å². The Balaban J connectivity index is 4.62. The van der Waals surface area contributed by atoms with E-state index in [0.29, 0.717) is 19.3 Å². The first-order chi connectivity index (χ1) is 28.9. The molecule has 0 aliphatic heterocycles. The minimum absolute atomic E-state index is 0.217. The summed E-state index contributed by atoms with van der Waals surface area (Å²) in [6.07, 6.45) is 54.5. The van der Waals surface area contributed by atoms with E-state index in [1.807, 2.05) is 0 Å². The molecule has 0 aromatic heterocycles. The van der Waals surface area contributed by atoms with Gasteiger partial charge in [-0.15, -0.1) is 0 Å². The number of carbonyl (C=O) groups is 3. The molecule has 0 radical (unpaired) electrons. The number of Topliss-reactive ketones (excluding diaryl/α,β-unsaturated/α-hetero) is 3. The van der Waals surface area contributed by atoms with Gasteiger partial charge in [0.05, 0.1) is 6.04 Å². The molecular weight excluding hydrogens is 725 g/mol. The fourth-order valence-electron chi connectivity index (χ4n) is 8.96. The van der Waals surface area contributed by atoms with Crippen molar-refractivity contribution in [2.24, 2.45) is 11.5 Å². The summed E-state index contributed by atoms with van der Waals surface area (Å²) in [7, 11) is 0. The Morgan fingerprint density at radius 2 is 0.475 bits per heavy atom. The van der Waals surface area contributed by atoms with E-state index in [9.17, 15) is 14.4 Å². The van der Waals surface area contributed by atoms with Crippen LogP contribution in [0.25, 0.3) is 0 Å². The predicted octanol–water partition coefficient (Wildman–Crippen LogP) is 16.7. The highest BCUT2D eigenvalue weighted by molar-refractivity contribution is 6.16. The minimum Gasteiger partial charge on any atom is -0.319 e. The predicted molar refractivity (Wildman–Crippen MR) is 259 cm³/mol. The third-order valence-corrected chi connectivity index (χ3v) is 13.3. The van der Waals surface area contributed by atoms with Crippen molar-refractivity contribution in [3.63, 3.8) is 0 Å². The van der Waals surface area contributed by atoms with Crippen molar-refractivity contribution in [2.45, 2.75) is 328 Å². The zero-order chi connectivity index (χ0) is 43.3. The molecule has 5 heteroatoms. The highest BCUT2D eigenvalue weighted by Gasteiger charge is 2.48. The van der Waals surface area contributed by atoms with Crippen LogP contribution in [0.15, 0.2) is 0 Å². The van der Waals surface area contributed by atoms with Crippen molar-refractivity contribution < 1.29 is 14.4 Å². The van der Waals surface area contributed by atoms with Gasteiger partial charge in [-0.3, -0.25) is 14.4 Å². The Bertz CT molecular complexity index is 873. The molecule has 0 saturated carbocycles. The molecule has 0 bridgehead atoms. The van der Waals surface area contributed by atoms with Crippen LogP contribution < -0.4 is 11.5 Å². The summed E-state index contributed by atoms with van der Waals surface area (Å²) in [6, 6.07) is -1.24. The third kappa shape index (κ3) is 35.1. The molecular formula is C54H106N2O3. The van der Waals surface area contributed by atoms with E-state index in [1.54, 1.807) is 0 Å². The van der Waals surface area contributed by atoms with Gasteiger partial charge in [0.15, 0.2) is 22.9 Å². The van der Waals surface area contributed by atoms with E-state index in [4.69, 9.17) is 11.5 Å². The van der Waals surface area contributed by atoms with Gasteiger partial charge in [-0.2, -0.15) is 0 Å². The molecule has 0 aromatic rings. The molecule has 0 saturated heterocycles. The normalized spacial score (nSPS) is 12.4. The molecule has 0 rings (SSSR count). The highest BCUT2D eigenvalue weighted by atomic mass is 16.2. The number of carbonyl (C=O) groups excluding carboxylic acids is 3. The molecule has 1 atom stereocenters. The Labute approximate surface area is 369 Å². The molecule has 350 valence electrons. The summed E-state index contributed by atoms with van der Waals surface area (Å²) < 4.78 is 0. The summed E-state index contributed by atoms with van der Waals surface area (Å²) in [6.45, 7) is 6.82. The van der Waals surface area contributed by atoms with Crippen LogP contribution in [0.3, 0.4) is 0 Å². The van der Waals surface area contributed by atoms with Crippen LogP contribution in [0.2, 0.25) is 0 Å². The van der Waals surface area contributed by atoms with Crippen molar-refractivity contribution in [2.75, 3.05) is 0 Å². The SMILES string of the molecule is CCCCCCCCCCCCCCCCCC(=O)C(N)(C(=O)CCCCCCCCCCCCCCCCC)C(N)C(=O)CCCCCCCCCCCCCCC. The van der Waals surface area contributed by atoms with Gasteiger partial charge in [-0.1, -0.05) is 278 Å². The molecule has 0 aliphatic rings. The van der Waals surface area contributed by atoms with E-state index in [1.165, 1.54) is 218 Å². The van der Waals surface area contributed by atoms with Crippen LogP contribution in [-0.4, -0.2) is 28.9 Å². The molecule has 0 aliphatic carbocycles. The monoisotopic (exact) mass is 831 g/mol. The first-order valence-corrected chi connectivity index (χ1v) is 27.0. The third-order valence-electron chi connectivity index (χ3n) is 13.3. The standard InChI is InChI=1S/C54H106N2O3/c1-4-7-10-13-16-19-22-25-27-30-33-36-39-42-45-48-51(58)54(56,52(59)49-46-43-40-37-34-31-28-26-23-20-17-14-11-8-5-2)53(55)50(57)47-44-41-38-35-32-29-24-21-18-15-12-9-6-3/h53H,4-49,55-56H2,1-3H3. The number of nitrogens with two attached hydrogens (primary N) is 2. The Hall–Kier alpha value is -1.07. The van der Waals surface area contributed by atoms with Crippen LogP contribution in [0.4, 0.5) is 0 Å². The average molecular weight is 831 g/mol. The first kappa shape index (κ1) is 57.9. The summed E-state index contributed by atoms with van der Waals surface area (Å²) in [5.41, 5.74) is 11.4. The maximum absolute atomic E-state index is 13.8. The van der Waals surface area contributed by atoms with Crippen molar-refractivity contribution in [3.05, 3.63) is 0 Å². The lowest BCUT2D eigenvalue weighted by Crippen LogP contribution is -2.68. The number of rotatable bonds is 50. The molecule has 0 aromatic carbocycles. The van der Waals surface area contributed by atoms with E-state index < -0.39 is 11.6 Å². The number of ketones is 3. The summed E-state index contributed by atoms with van der Waals surface area (Å²) in [4.78, 5) is 40.9. The maximum Gasteiger partial charge on any atom is 0.162 e. The molecule has 0 spiro atoms. The summed E-state index contributed by atoms with van der Waals surface area (Å²) in [5.74, 6) is -0.848. The van der Waals surface area contributed by atoms with Crippen LogP contribution >= 0.6 is 0 Å². The minimum atomic E-state index is -1.89. The molecule has 5 nitrogen and oxygen atoms in total. The Morgan fingerprint density at radius 3 is 0.678 bits per heavy atom. The van der Waals surface area contributed by atoms with Gasteiger partial charge >= 0.3 is 0 Å². The topological polar surface area (TPSA) is 103 Å². The Morgan fingerprint density at radius 1 is 0.305 bits per heavy atom. The van der Waals surface area contributed by atoms with E-state index in [2.05, 4.69) is 20.8 Å². The molecule has 0 fully saturated rings. The quantitative estimate of drug-likeness (QED) is 0.0469. The van der Waals surface area contributed by atoms with Gasteiger partial charge in [-0.05, 0) is 19.3 Å². The molecule has 0 heterocycles. The second-order valence-corrected chi connectivity index (χ2v) is 19.1. The second kappa shape index (κ2) is 45.0. The number of hydrogen-bond donors (Lipinski definition) is 2. The van der Waals surface area contributed by atoms with E-state index in [0.717, 1.165) is 44.9 Å². The Kier molecular flexibility index (Phi) is 44.2. The fraction of sp³-hybridized carbons (Fsp3) is 0.944. The number of unbranched alkanes of at least 4 members (excludes halogenated alkanes) is 40. The van der Waals surface area contributed by atoms with Gasteiger partial charge in [0.2, 0.25) is 0 Å². The lowest BCUT2D eigenvalue weighted by molar-refractivity contribution is -0.139. The second-order valence-electron chi connectivity index (χ2n) is 19.1. The first-order valence-electron chi connectivity index (χ1n) is 27.0. The average Bonchev–Trinajstić information content (AvgIpc) is 3.24. The summed E-state index contributed by atoms with van der Waals surface area (Å²) in [5, 5.41) is 0. The largest absolute Gasteiger partial charge is 0.319 e. The van der Waals surface area contributed by atoms with Crippen molar-refractivity contribution in [1.29, 1.82) is 0 Å². The zero-order valence-electron chi connectivity index (χ0n) is 40.5. The van der Waals surface area contributed by atoms with Gasteiger partial charge < -0.3 is 11.5 Å². The molecule has 0 amide bonds. The van der Waals surface area contributed by atoms with E-state index in [-0.39, 0.29) is 30.2 Å². The van der Waals surface area contributed by atoms with Gasteiger partial charge in [0, 0.05) is 19.3 Å². The van der Waals surface area contributed by atoms with Crippen molar-refractivity contribution >= 4 is 17.3 Å². The summed E-state index contributed by atoms with van der Waals surface area (Å²) >= 11 is 0. The van der Waals surface area contributed by atoms with Crippen LogP contribution in [0.5, 0.6) is 0 Å². The molecule has 1 unspecified atom stereocenters. The van der Waals surface area contributed by atoms with Gasteiger partial charge in [-0.25, -0.2) is 0 Å². The fourth-order valence-corrected chi connectivity index (χ4v) is 8.96. The van der Waals surface area contributed by atoms with E-state index >= 15 is 0 Å². The smallest absolute Gasteiger partial charge is 0.162 e. The molecule has 4 N–H and O–H groups in total. The zero-order valence-corrected chi connectivity index (χ0v) is 40.5. The molecule has 59 heavy (non-hydrogen) atoms.